The molecular weight excluding hydrogens is 372 g/mol. The molecule has 0 N–H and O–H groups in total. The van der Waals surface area contributed by atoms with Crippen LogP contribution in [0.2, 0.25) is 0 Å². The Labute approximate surface area is 163 Å². The maximum Gasteiger partial charge on any atom is 0.140 e. The number of hydrogen-bond donors (Lipinski definition) is 0. The van der Waals surface area contributed by atoms with Crippen LogP contribution in [0.25, 0.3) is 0 Å². The Kier molecular flexibility index (Phi) is 7.30. The van der Waals surface area contributed by atoms with Gasteiger partial charge in [-0.1, -0.05) is 84.9 Å². The summed E-state index contributed by atoms with van der Waals surface area (Å²) in [6.45, 7) is 7.06. The number of thioether (sulfide) groups is 2. The molecule has 24 heavy (non-hydrogen) atoms. The fraction of sp³-hybridized carbons (Fsp3) is 0.389. The standard InChI is InChI=1S/C18H20N2S4/c1-14(20-11-12-23-17(20)22)7-6-10-18(2,13-19)24-16(21)15-8-4-3-5-9-15/h3-5,8-9H,1,6-7,10-12H2,2H3. The SMILES string of the molecule is C=C(CCCC(C)(C#N)SC(=S)c1ccccc1)N1CCSC1=S. The minimum atomic E-state index is -0.520. The van der Waals surface area contributed by atoms with E-state index in [4.69, 9.17) is 24.4 Å². The molecule has 2 rings (SSSR count). The van der Waals surface area contributed by atoms with Crippen molar-refractivity contribution >= 4 is 56.5 Å². The monoisotopic (exact) mass is 392 g/mol. The maximum atomic E-state index is 9.61. The van der Waals surface area contributed by atoms with E-state index in [1.807, 2.05) is 37.3 Å². The van der Waals surface area contributed by atoms with Crippen LogP contribution >= 0.6 is 48.0 Å². The number of hydrogen-bond acceptors (Lipinski definition) is 5. The van der Waals surface area contributed by atoms with Crippen molar-refractivity contribution in [3.63, 3.8) is 0 Å². The first-order valence-electron chi connectivity index (χ1n) is 7.77. The lowest BCUT2D eigenvalue weighted by Crippen LogP contribution is -2.23. The van der Waals surface area contributed by atoms with Crippen LogP contribution in [-0.4, -0.2) is 30.5 Å². The van der Waals surface area contributed by atoms with Gasteiger partial charge < -0.3 is 4.90 Å². The Hall–Kier alpha value is -0.870. The van der Waals surface area contributed by atoms with Crippen molar-refractivity contribution in [1.29, 1.82) is 5.26 Å². The molecule has 1 heterocycles. The van der Waals surface area contributed by atoms with Crippen LogP contribution in [0.4, 0.5) is 0 Å². The summed E-state index contributed by atoms with van der Waals surface area (Å²) in [5.41, 5.74) is 2.06. The minimum absolute atomic E-state index is 0.520. The Morgan fingerprint density at radius 2 is 2.17 bits per heavy atom. The van der Waals surface area contributed by atoms with Crippen LogP contribution in [-0.2, 0) is 0 Å². The number of rotatable bonds is 7. The highest BCUT2D eigenvalue weighted by atomic mass is 32.2. The van der Waals surface area contributed by atoms with E-state index in [1.54, 1.807) is 11.8 Å². The second-order valence-electron chi connectivity index (χ2n) is 5.78. The van der Waals surface area contributed by atoms with Gasteiger partial charge in [-0.25, -0.2) is 0 Å². The van der Waals surface area contributed by atoms with Crippen molar-refractivity contribution < 1.29 is 0 Å². The molecule has 1 fully saturated rings. The zero-order valence-electron chi connectivity index (χ0n) is 13.7. The molecule has 1 aromatic carbocycles. The van der Waals surface area contributed by atoms with Crippen LogP contribution < -0.4 is 0 Å². The summed E-state index contributed by atoms with van der Waals surface area (Å²) in [6, 6.07) is 12.3. The fourth-order valence-corrected chi connectivity index (χ4v) is 5.35. The van der Waals surface area contributed by atoms with Crippen LogP contribution in [0.5, 0.6) is 0 Å². The number of nitriles is 1. The molecule has 1 aliphatic heterocycles. The van der Waals surface area contributed by atoms with Crippen molar-refractivity contribution in [3.8, 4) is 6.07 Å². The van der Waals surface area contributed by atoms with Gasteiger partial charge in [-0.05, 0) is 31.7 Å². The van der Waals surface area contributed by atoms with Gasteiger partial charge in [0.25, 0.3) is 0 Å². The lowest BCUT2D eigenvalue weighted by atomic mass is 10.0. The summed E-state index contributed by atoms with van der Waals surface area (Å²) in [5.74, 6) is 1.04. The van der Waals surface area contributed by atoms with Gasteiger partial charge in [0.1, 0.15) is 9.07 Å². The van der Waals surface area contributed by atoms with Crippen molar-refractivity contribution in [1.82, 2.24) is 4.90 Å². The zero-order valence-corrected chi connectivity index (χ0v) is 16.9. The number of nitrogens with zero attached hydrogens (tertiary/aromatic N) is 2. The third kappa shape index (κ3) is 5.32. The highest BCUT2D eigenvalue weighted by molar-refractivity contribution is 8.24. The molecule has 0 spiro atoms. The molecule has 6 heteroatoms. The smallest absolute Gasteiger partial charge is 0.140 e. The first kappa shape index (κ1) is 19.5. The molecule has 0 bridgehead atoms. The average Bonchev–Trinajstić information content (AvgIpc) is 3.01. The Morgan fingerprint density at radius 1 is 1.46 bits per heavy atom. The topological polar surface area (TPSA) is 27.0 Å². The molecule has 1 aromatic rings. The number of allylic oxidation sites excluding steroid dienone is 1. The van der Waals surface area contributed by atoms with Crippen molar-refractivity contribution in [2.24, 2.45) is 0 Å². The van der Waals surface area contributed by atoms with Crippen LogP contribution in [0.3, 0.4) is 0 Å². The van der Waals surface area contributed by atoms with Gasteiger partial charge in [-0.2, -0.15) is 5.26 Å². The van der Waals surface area contributed by atoms with E-state index < -0.39 is 4.75 Å². The molecule has 1 saturated heterocycles. The van der Waals surface area contributed by atoms with Gasteiger partial charge in [0.2, 0.25) is 0 Å². The second kappa shape index (κ2) is 9.00. The normalized spacial score (nSPS) is 16.5. The van der Waals surface area contributed by atoms with E-state index in [2.05, 4.69) is 17.5 Å². The van der Waals surface area contributed by atoms with E-state index in [9.17, 15) is 5.26 Å². The summed E-state index contributed by atoms with van der Waals surface area (Å²) in [4.78, 5) is 2.12. The Balaban J connectivity index is 1.86. The van der Waals surface area contributed by atoms with Gasteiger partial charge in [0.15, 0.2) is 0 Å². The average molecular weight is 393 g/mol. The summed E-state index contributed by atoms with van der Waals surface area (Å²) in [5, 5.41) is 9.61. The van der Waals surface area contributed by atoms with Gasteiger partial charge >= 0.3 is 0 Å². The molecule has 126 valence electrons. The highest BCUT2D eigenvalue weighted by Gasteiger charge is 2.27. The van der Waals surface area contributed by atoms with Gasteiger partial charge in [-0.15, -0.1) is 0 Å². The minimum Gasteiger partial charge on any atom is -0.331 e. The van der Waals surface area contributed by atoms with Crippen LogP contribution in [0, 0.1) is 11.3 Å². The molecule has 1 unspecified atom stereocenters. The number of thiocarbonyl (C=S) groups is 2. The van der Waals surface area contributed by atoms with E-state index in [1.165, 1.54) is 11.8 Å². The van der Waals surface area contributed by atoms with Crippen LogP contribution in [0.15, 0.2) is 42.6 Å². The lowest BCUT2D eigenvalue weighted by molar-refractivity contribution is 0.525. The van der Waals surface area contributed by atoms with Crippen molar-refractivity contribution in [2.45, 2.75) is 30.9 Å². The largest absolute Gasteiger partial charge is 0.331 e. The van der Waals surface area contributed by atoms with E-state index in [0.29, 0.717) is 0 Å². The first-order valence-corrected chi connectivity index (χ1v) is 10.4. The molecule has 1 atom stereocenters. The molecular formula is C18H20N2S4. The quantitative estimate of drug-likeness (QED) is 0.577. The third-order valence-electron chi connectivity index (χ3n) is 3.83. The van der Waals surface area contributed by atoms with E-state index in [0.717, 1.165) is 51.3 Å². The fourth-order valence-electron chi connectivity index (χ4n) is 2.41. The molecule has 0 amide bonds. The maximum absolute atomic E-state index is 9.61. The van der Waals surface area contributed by atoms with Crippen molar-refractivity contribution in [2.75, 3.05) is 12.3 Å². The summed E-state index contributed by atoms with van der Waals surface area (Å²) in [7, 11) is 0. The summed E-state index contributed by atoms with van der Waals surface area (Å²) < 4.78 is 1.17. The Morgan fingerprint density at radius 3 is 2.75 bits per heavy atom. The molecule has 0 radical (unpaired) electrons. The van der Waals surface area contributed by atoms with Gasteiger partial charge in [0.05, 0.1) is 10.3 Å². The van der Waals surface area contributed by atoms with E-state index >= 15 is 0 Å². The summed E-state index contributed by atoms with van der Waals surface area (Å²) >= 11 is 14.0. The molecule has 2 nitrogen and oxygen atoms in total. The van der Waals surface area contributed by atoms with Crippen LogP contribution in [0.1, 0.15) is 31.7 Å². The summed E-state index contributed by atoms with van der Waals surface area (Å²) in [6.07, 6.45) is 2.53. The second-order valence-corrected chi connectivity index (χ2v) is 9.69. The lowest BCUT2D eigenvalue weighted by Gasteiger charge is -2.23. The van der Waals surface area contributed by atoms with Gasteiger partial charge in [0, 0.05) is 18.0 Å². The predicted molar refractivity (Wildman–Crippen MR) is 115 cm³/mol. The molecule has 1 aliphatic rings. The molecule has 0 aliphatic carbocycles. The number of benzene rings is 1. The zero-order chi connectivity index (χ0) is 17.6. The third-order valence-corrected chi connectivity index (χ3v) is 6.91. The van der Waals surface area contributed by atoms with Crippen molar-refractivity contribution in [3.05, 3.63) is 48.2 Å². The predicted octanol–water partition coefficient (Wildman–Crippen LogP) is 5.40. The molecule has 0 aromatic heterocycles. The van der Waals surface area contributed by atoms with E-state index in [-0.39, 0.29) is 0 Å². The molecule has 0 saturated carbocycles. The first-order chi connectivity index (χ1) is 11.4. The van der Waals surface area contributed by atoms with Gasteiger partial charge in [-0.3, -0.25) is 0 Å². The highest BCUT2D eigenvalue weighted by Crippen LogP contribution is 2.34. The Bertz CT molecular complexity index is 665.